The molecule has 0 saturated heterocycles. The highest BCUT2D eigenvalue weighted by molar-refractivity contribution is 7.98. The molecule has 0 atom stereocenters. The van der Waals surface area contributed by atoms with E-state index in [-0.39, 0.29) is 5.56 Å². The summed E-state index contributed by atoms with van der Waals surface area (Å²) in [4.78, 5) is 19.4. The summed E-state index contributed by atoms with van der Waals surface area (Å²) in [5, 5.41) is 9.12. The summed E-state index contributed by atoms with van der Waals surface area (Å²) in [5.74, 6) is 1.52. The van der Waals surface area contributed by atoms with Crippen molar-refractivity contribution < 1.29 is 4.42 Å². The van der Waals surface area contributed by atoms with Crippen LogP contribution in [-0.4, -0.2) is 19.7 Å². The van der Waals surface area contributed by atoms with E-state index in [1.54, 1.807) is 28.9 Å². The Kier molecular flexibility index (Phi) is 4.36. The summed E-state index contributed by atoms with van der Waals surface area (Å²) < 4.78 is 7.01. The van der Waals surface area contributed by atoms with Gasteiger partial charge in [0, 0.05) is 18.3 Å². The number of thioether (sulfide) groups is 1. The topological polar surface area (TPSA) is 73.8 Å². The number of hydrogen-bond acceptors (Lipinski definition) is 7. The van der Waals surface area contributed by atoms with Crippen LogP contribution in [-0.2, 0) is 12.3 Å². The fourth-order valence-corrected chi connectivity index (χ4v) is 4.15. The van der Waals surface area contributed by atoms with E-state index in [9.17, 15) is 4.79 Å². The van der Waals surface area contributed by atoms with E-state index in [0.29, 0.717) is 34.6 Å². The van der Waals surface area contributed by atoms with Gasteiger partial charge in [0.15, 0.2) is 5.16 Å². The lowest BCUT2D eigenvalue weighted by atomic mass is 10.2. The summed E-state index contributed by atoms with van der Waals surface area (Å²) >= 11 is 2.96. The third-order valence-electron chi connectivity index (χ3n) is 3.46. The number of aromatic nitrogens is 4. The van der Waals surface area contributed by atoms with Crippen LogP contribution in [0.15, 0.2) is 27.0 Å². The van der Waals surface area contributed by atoms with Crippen LogP contribution in [0, 0.1) is 20.8 Å². The van der Waals surface area contributed by atoms with Crippen molar-refractivity contribution in [3.05, 3.63) is 45.2 Å². The molecule has 0 fully saturated rings. The molecule has 0 radical (unpaired) electrons. The van der Waals surface area contributed by atoms with E-state index in [4.69, 9.17) is 4.42 Å². The fraction of sp³-hybridized carbons (Fsp3) is 0.333. The van der Waals surface area contributed by atoms with E-state index < -0.39 is 0 Å². The number of thiophene rings is 1. The van der Waals surface area contributed by atoms with Gasteiger partial charge in [-0.05, 0) is 19.4 Å². The minimum atomic E-state index is -0.0269. The number of hydrogen-bond donors (Lipinski definition) is 0. The van der Waals surface area contributed by atoms with Crippen molar-refractivity contribution in [1.29, 1.82) is 0 Å². The van der Waals surface area contributed by atoms with E-state index in [0.717, 1.165) is 15.3 Å². The monoisotopic (exact) mass is 348 g/mol. The van der Waals surface area contributed by atoms with Crippen LogP contribution in [0.1, 0.15) is 22.2 Å². The van der Waals surface area contributed by atoms with Crippen molar-refractivity contribution in [2.45, 2.75) is 38.2 Å². The van der Waals surface area contributed by atoms with Gasteiger partial charge in [-0.2, -0.15) is 0 Å². The van der Waals surface area contributed by atoms with Gasteiger partial charge in [0.25, 0.3) is 5.56 Å². The van der Waals surface area contributed by atoms with Gasteiger partial charge >= 0.3 is 0 Å². The molecule has 3 rings (SSSR count). The maximum absolute atomic E-state index is 12.8. The molecule has 3 aromatic heterocycles. The quantitative estimate of drug-likeness (QED) is 0.400. The molecule has 6 nitrogen and oxygen atoms in total. The van der Waals surface area contributed by atoms with Gasteiger partial charge in [0.2, 0.25) is 11.8 Å². The maximum atomic E-state index is 12.8. The van der Waals surface area contributed by atoms with E-state index in [1.807, 2.05) is 13.8 Å². The second-order valence-corrected chi connectivity index (χ2v) is 7.21. The zero-order valence-electron chi connectivity index (χ0n) is 13.1. The first kappa shape index (κ1) is 15.9. The van der Waals surface area contributed by atoms with Gasteiger partial charge in [0.05, 0.1) is 11.1 Å². The minimum absolute atomic E-state index is 0.0269. The smallest absolute Gasteiger partial charge is 0.263 e. The first-order valence-electron chi connectivity index (χ1n) is 7.04. The van der Waals surface area contributed by atoms with Crippen molar-refractivity contribution in [3.8, 4) is 0 Å². The first-order chi connectivity index (χ1) is 11.0. The van der Waals surface area contributed by atoms with Gasteiger partial charge in [-0.25, -0.2) is 4.98 Å². The van der Waals surface area contributed by atoms with Crippen molar-refractivity contribution in [3.63, 3.8) is 0 Å². The molecule has 0 aromatic carbocycles. The number of aryl methyl sites for hydroxylation is 3. The second-order valence-electron chi connectivity index (χ2n) is 5.07. The Morgan fingerprint density at radius 1 is 1.35 bits per heavy atom. The van der Waals surface area contributed by atoms with Crippen LogP contribution < -0.4 is 5.56 Å². The van der Waals surface area contributed by atoms with Gasteiger partial charge in [-0.1, -0.05) is 17.8 Å². The maximum Gasteiger partial charge on any atom is 0.263 e. The molecule has 3 heterocycles. The lowest BCUT2D eigenvalue weighted by Crippen LogP contribution is -2.22. The lowest BCUT2D eigenvalue weighted by molar-refractivity contribution is 0.485. The second kappa shape index (κ2) is 6.29. The van der Waals surface area contributed by atoms with Gasteiger partial charge in [0.1, 0.15) is 4.83 Å². The Bertz CT molecular complexity index is 939. The fourth-order valence-electron chi connectivity index (χ4n) is 2.23. The zero-order chi connectivity index (χ0) is 16.6. The molecule has 3 aromatic rings. The van der Waals surface area contributed by atoms with Gasteiger partial charge in [-0.15, -0.1) is 28.1 Å². The predicted molar refractivity (Wildman–Crippen MR) is 92.1 cm³/mol. The summed E-state index contributed by atoms with van der Waals surface area (Å²) in [6, 6.07) is 0. The summed E-state index contributed by atoms with van der Waals surface area (Å²) in [7, 11) is 0. The molecular weight excluding hydrogens is 332 g/mol. The minimum Gasteiger partial charge on any atom is -0.425 e. The number of fused-ring (bicyclic) bond motifs is 1. The summed E-state index contributed by atoms with van der Waals surface area (Å²) in [6.07, 6.45) is 1.70. The molecule has 0 spiro atoms. The Balaban J connectivity index is 2.05. The van der Waals surface area contributed by atoms with Crippen molar-refractivity contribution in [2.75, 3.05) is 0 Å². The number of nitrogens with zero attached hydrogens (tertiary/aromatic N) is 4. The van der Waals surface area contributed by atoms with Crippen LogP contribution in [0.25, 0.3) is 10.2 Å². The zero-order valence-corrected chi connectivity index (χ0v) is 14.8. The third kappa shape index (κ3) is 2.96. The van der Waals surface area contributed by atoms with Gasteiger partial charge < -0.3 is 4.42 Å². The molecule has 0 aliphatic heterocycles. The molecule has 0 bridgehead atoms. The van der Waals surface area contributed by atoms with E-state index >= 15 is 0 Å². The Hall–Kier alpha value is -1.93. The normalized spacial score (nSPS) is 11.3. The number of allylic oxidation sites excluding steroid dienone is 1. The standard InChI is InChI=1S/C15H16N4O2S2/c1-5-6-19-14(20)12-8(2)9(3)23-13(12)16-15(19)22-7-11-18-17-10(4)21-11/h5H,1,6-7H2,2-4H3. The Morgan fingerprint density at radius 3 is 2.78 bits per heavy atom. The molecule has 0 amide bonds. The molecule has 23 heavy (non-hydrogen) atoms. The largest absolute Gasteiger partial charge is 0.425 e. The third-order valence-corrected chi connectivity index (χ3v) is 5.52. The van der Waals surface area contributed by atoms with Gasteiger partial charge in [-0.3, -0.25) is 9.36 Å². The van der Waals surface area contributed by atoms with E-state index in [2.05, 4.69) is 21.8 Å². The molecule has 0 aliphatic rings. The SMILES string of the molecule is C=CCn1c(SCc2nnc(C)o2)nc2sc(C)c(C)c2c1=O. The van der Waals surface area contributed by atoms with Crippen LogP contribution in [0.5, 0.6) is 0 Å². The van der Waals surface area contributed by atoms with E-state index in [1.165, 1.54) is 11.8 Å². The Labute approximate surface area is 141 Å². The van der Waals surface area contributed by atoms with Crippen molar-refractivity contribution in [2.24, 2.45) is 0 Å². The molecule has 0 unspecified atom stereocenters. The highest BCUT2D eigenvalue weighted by Gasteiger charge is 2.17. The molecule has 0 N–H and O–H groups in total. The van der Waals surface area contributed by atoms with Crippen molar-refractivity contribution >= 4 is 33.3 Å². The average molecular weight is 348 g/mol. The average Bonchev–Trinajstić information content (AvgIpc) is 3.04. The summed E-state index contributed by atoms with van der Waals surface area (Å²) in [5.41, 5.74) is 0.977. The molecule has 0 aliphatic carbocycles. The first-order valence-corrected chi connectivity index (χ1v) is 8.84. The highest BCUT2D eigenvalue weighted by Crippen LogP contribution is 2.29. The number of rotatable bonds is 5. The van der Waals surface area contributed by atoms with Crippen LogP contribution in [0.3, 0.4) is 0 Å². The van der Waals surface area contributed by atoms with Crippen LogP contribution in [0.2, 0.25) is 0 Å². The molecule has 8 heteroatoms. The highest BCUT2D eigenvalue weighted by atomic mass is 32.2. The summed E-state index contributed by atoms with van der Waals surface area (Å²) in [6.45, 7) is 9.87. The van der Waals surface area contributed by atoms with Crippen molar-refractivity contribution in [1.82, 2.24) is 19.7 Å². The van der Waals surface area contributed by atoms with Crippen LogP contribution in [0.4, 0.5) is 0 Å². The van der Waals surface area contributed by atoms with Crippen LogP contribution >= 0.6 is 23.1 Å². The lowest BCUT2D eigenvalue weighted by Gasteiger charge is -2.09. The molecule has 120 valence electrons. The molecular formula is C15H16N4O2S2. The predicted octanol–water partition coefficient (Wildman–Crippen LogP) is 3.24. The molecule has 0 saturated carbocycles. The Morgan fingerprint density at radius 2 is 2.13 bits per heavy atom.